The molecule has 1 saturated heterocycles. The van der Waals surface area contributed by atoms with Crippen LogP contribution in [0, 0.1) is 5.92 Å². The van der Waals surface area contributed by atoms with Gasteiger partial charge in [0.15, 0.2) is 0 Å². The molecule has 0 bridgehead atoms. The summed E-state index contributed by atoms with van der Waals surface area (Å²) in [4.78, 5) is 30.4. The van der Waals surface area contributed by atoms with Crippen LogP contribution in [-0.2, 0) is 20.1 Å². The van der Waals surface area contributed by atoms with E-state index in [9.17, 15) is 9.59 Å². The molecule has 150 valence electrons. The first-order valence-corrected chi connectivity index (χ1v) is 9.81. The molecule has 0 unspecified atom stereocenters. The third-order valence-corrected chi connectivity index (χ3v) is 5.41. The van der Waals surface area contributed by atoms with Crippen LogP contribution in [0.3, 0.4) is 0 Å². The Bertz CT molecular complexity index is 1080. The first-order chi connectivity index (χ1) is 14.1. The Balaban J connectivity index is 1.38. The molecule has 3 aromatic rings. The predicted molar refractivity (Wildman–Crippen MR) is 109 cm³/mol. The van der Waals surface area contributed by atoms with Gasteiger partial charge in [-0.15, -0.1) is 0 Å². The molecule has 0 amide bonds. The van der Waals surface area contributed by atoms with Crippen molar-refractivity contribution in [1.29, 1.82) is 0 Å². The lowest BCUT2D eigenvalue weighted by atomic mass is 9.96. The molecule has 8 heteroatoms. The number of aryl methyl sites for hydroxylation is 1. The van der Waals surface area contributed by atoms with Crippen LogP contribution in [0.5, 0.6) is 0 Å². The number of aromatic nitrogens is 5. The van der Waals surface area contributed by atoms with Crippen LogP contribution < -0.4 is 11.1 Å². The molecular weight excluding hydrogens is 368 g/mol. The molecule has 0 aromatic carbocycles. The average Bonchev–Trinajstić information content (AvgIpc) is 2.74. The molecule has 29 heavy (non-hydrogen) atoms. The molecule has 1 aliphatic heterocycles. The van der Waals surface area contributed by atoms with E-state index in [0.29, 0.717) is 12.5 Å². The largest absolute Gasteiger partial charge is 0.299 e. The van der Waals surface area contributed by atoms with Crippen LogP contribution in [0.15, 0.2) is 58.5 Å². The van der Waals surface area contributed by atoms with E-state index in [0.717, 1.165) is 49.3 Å². The van der Waals surface area contributed by atoms with E-state index >= 15 is 0 Å². The highest BCUT2D eigenvalue weighted by molar-refractivity contribution is 5.56. The SMILES string of the molecule is Cn1ncc(CN2CCC(Cn3nc(-c4ccncc4)ccc3=O)CC2)cc1=O. The van der Waals surface area contributed by atoms with Crippen LogP contribution in [0.2, 0.25) is 0 Å². The quantitative estimate of drug-likeness (QED) is 0.651. The Morgan fingerprint density at radius 2 is 1.79 bits per heavy atom. The van der Waals surface area contributed by atoms with Gasteiger partial charge >= 0.3 is 0 Å². The zero-order chi connectivity index (χ0) is 20.2. The fourth-order valence-corrected chi connectivity index (χ4v) is 3.68. The molecule has 4 rings (SSSR count). The molecule has 0 saturated carbocycles. The van der Waals surface area contributed by atoms with Gasteiger partial charge in [-0.05, 0) is 55.6 Å². The Labute approximate surface area is 168 Å². The van der Waals surface area contributed by atoms with Crippen molar-refractivity contribution in [3.8, 4) is 11.3 Å². The number of pyridine rings is 1. The molecule has 1 fully saturated rings. The van der Waals surface area contributed by atoms with Gasteiger partial charge in [-0.2, -0.15) is 10.2 Å². The minimum absolute atomic E-state index is 0.0727. The Kier molecular flexibility index (Phi) is 5.62. The van der Waals surface area contributed by atoms with Gasteiger partial charge in [0, 0.05) is 50.2 Å². The Morgan fingerprint density at radius 1 is 1.03 bits per heavy atom. The van der Waals surface area contributed by atoms with Crippen molar-refractivity contribution in [1.82, 2.24) is 29.4 Å². The number of rotatable bonds is 5. The number of hydrogen-bond donors (Lipinski definition) is 0. The van der Waals surface area contributed by atoms with E-state index in [1.54, 1.807) is 48.5 Å². The van der Waals surface area contributed by atoms with Gasteiger partial charge in [-0.25, -0.2) is 9.36 Å². The van der Waals surface area contributed by atoms with Gasteiger partial charge < -0.3 is 0 Å². The molecule has 0 aliphatic carbocycles. The van der Waals surface area contributed by atoms with E-state index in [1.807, 2.05) is 12.1 Å². The highest BCUT2D eigenvalue weighted by atomic mass is 16.1. The second-order valence-corrected chi connectivity index (χ2v) is 7.52. The van der Waals surface area contributed by atoms with Crippen LogP contribution in [0.4, 0.5) is 0 Å². The van der Waals surface area contributed by atoms with Crippen molar-refractivity contribution in [2.45, 2.75) is 25.9 Å². The van der Waals surface area contributed by atoms with Crippen molar-refractivity contribution in [3.05, 3.63) is 75.2 Å². The van der Waals surface area contributed by atoms with Crippen LogP contribution in [0.25, 0.3) is 11.3 Å². The second kappa shape index (κ2) is 8.48. The van der Waals surface area contributed by atoms with Crippen molar-refractivity contribution >= 4 is 0 Å². The fourth-order valence-electron chi connectivity index (χ4n) is 3.68. The first kappa shape index (κ1) is 19.2. The molecule has 0 radical (unpaired) electrons. The lowest BCUT2D eigenvalue weighted by Gasteiger charge is -2.31. The van der Waals surface area contributed by atoms with E-state index in [1.165, 1.54) is 4.68 Å². The molecule has 0 spiro atoms. The lowest BCUT2D eigenvalue weighted by molar-refractivity contribution is 0.163. The molecule has 1 aliphatic rings. The summed E-state index contributed by atoms with van der Waals surface area (Å²) in [6.45, 7) is 3.21. The third kappa shape index (κ3) is 4.65. The van der Waals surface area contributed by atoms with E-state index in [-0.39, 0.29) is 11.1 Å². The van der Waals surface area contributed by atoms with Crippen LogP contribution in [-0.4, -0.2) is 42.5 Å². The van der Waals surface area contributed by atoms with Crippen molar-refractivity contribution in [2.75, 3.05) is 13.1 Å². The predicted octanol–water partition coefficient (Wildman–Crippen LogP) is 1.31. The van der Waals surface area contributed by atoms with E-state index < -0.39 is 0 Å². The van der Waals surface area contributed by atoms with Gasteiger partial charge in [-0.1, -0.05) is 0 Å². The van der Waals surface area contributed by atoms with Gasteiger partial charge in [-0.3, -0.25) is 19.5 Å². The summed E-state index contributed by atoms with van der Waals surface area (Å²) < 4.78 is 2.92. The topological polar surface area (TPSA) is 85.9 Å². The van der Waals surface area contributed by atoms with Gasteiger partial charge in [0.1, 0.15) is 0 Å². The first-order valence-electron chi connectivity index (χ1n) is 9.81. The zero-order valence-electron chi connectivity index (χ0n) is 16.4. The maximum Gasteiger partial charge on any atom is 0.266 e. The van der Waals surface area contributed by atoms with Gasteiger partial charge in [0.2, 0.25) is 0 Å². The number of likely N-dealkylation sites (tertiary alicyclic amines) is 1. The summed E-state index contributed by atoms with van der Waals surface area (Å²) >= 11 is 0. The summed E-state index contributed by atoms with van der Waals surface area (Å²) in [5, 5.41) is 8.64. The summed E-state index contributed by atoms with van der Waals surface area (Å²) in [5.74, 6) is 0.408. The molecule has 8 nitrogen and oxygen atoms in total. The minimum atomic E-state index is -0.0862. The second-order valence-electron chi connectivity index (χ2n) is 7.52. The maximum absolute atomic E-state index is 12.3. The fraction of sp³-hybridized carbons (Fsp3) is 0.381. The molecular formula is C21H24N6O2. The average molecular weight is 392 g/mol. The third-order valence-electron chi connectivity index (χ3n) is 5.41. The highest BCUT2D eigenvalue weighted by Crippen LogP contribution is 2.20. The Morgan fingerprint density at radius 3 is 2.52 bits per heavy atom. The number of piperidine rings is 1. The summed E-state index contributed by atoms with van der Waals surface area (Å²) in [6, 6.07) is 8.77. The number of hydrogen-bond acceptors (Lipinski definition) is 6. The normalized spacial score (nSPS) is 15.5. The van der Waals surface area contributed by atoms with E-state index in [4.69, 9.17) is 0 Å². The minimum Gasteiger partial charge on any atom is -0.299 e. The molecule has 3 aromatic heterocycles. The Hall–Kier alpha value is -3.13. The zero-order valence-corrected chi connectivity index (χ0v) is 16.4. The van der Waals surface area contributed by atoms with Crippen molar-refractivity contribution < 1.29 is 0 Å². The maximum atomic E-state index is 12.3. The monoisotopic (exact) mass is 392 g/mol. The molecule has 4 heterocycles. The van der Waals surface area contributed by atoms with Gasteiger partial charge in [0.25, 0.3) is 11.1 Å². The molecule has 0 atom stereocenters. The standard InChI is InChI=1S/C21H24N6O2/c1-25-21(29)12-17(13-23-25)14-26-10-6-16(7-11-26)15-27-20(28)3-2-19(24-27)18-4-8-22-9-5-18/h2-5,8-9,12-13,16H,6-7,10-11,14-15H2,1H3. The summed E-state index contributed by atoms with van der Waals surface area (Å²) in [7, 11) is 1.65. The smallest absolute Gasteiger partial charge is 0.266 e. The van der Waals surface area contributed by atoms with Crippen molar-refractivity contribution in [3.63, 3.8) is 0 Å². The lowest BCUT2D eigenvalue weighted by Crippen LogP contribution is -2.36. The van der Waals surface area contributed by atoms with Gasteiger partial charge in [0.05, 0.1) is 11.9 Å². The van der Waals surface area contributed by atoms with Crippen molar-refractivity contribution in [2.24, 2.45) is 13.0 Å². The highest BCUT2D eigenvalue weighted by Gasteiger charge is 2.21. The summed E-state index contributed by atoms with van der Waals surface area (Å²) in [5.41, 5.74) is 2.51. The van der Waals surface area contributed by atoms with Crippen LogP contribution in [0.1, 0.15) is 18.4 Å². The van der Waals surface area contributed by atoms with E-state index in [2.05, 4.69) is 20.1 Å². The van der Waals surface area contributed by atoms with Crippen LogP contribution >= 0.6 is 0 Å². The summed E-state index contributed by atoms with van der Waals surface area (Å²) in [6.07, 6.45) is 7.18. The molecule has 0 N–H and O–H groups in total. The number of nitrogens with zero attached hydrogens (tertiary/aromatic N) is 6.